The molecule has 2 aromatic heterocycles. The molecule has 1 amide bonds. The van der Waals surface area contributed by atoms with Crippen molar-refractivity contribution < 1.29 is 13.2 Å². The molecule has 1 fully saturated rings. The second-order valence-electron chi connectivity index (χ2n) is 8.11. The van der Waals surface area contributed by atoms with Crippen LogP contribution in [0.5, 0.6) is 0 Å². The number of carbonyl (C=O) groups excluding carboxylic acids is 1. The molecule has 9 heteroatoms. The molecule has 1 aliphatic heterocycles. The standard InChI is InChI=1S/C22H27N5O3S/c1-14-8-9-17(31(29,30)27-10-6-5-7-11-27)13-19(14)24-22(28)18-12-15(2)23-21-20(18)16(3)25-26(21)4/h8-9,12-13H,5-7,10-11H2,1-4H3,(H,24,28). The number of aromatic nitrogens is 3. The van der Waals surface area contributed by atoms with Gasteiger partial charge in [0, 0.05) is 31.5 Å². The SMILES string of the molecule is Cc1cc(C(=O)Nc2cc(S(=O)(=O)N3CCCCC3)ccc2C)c2c(C)nn(C)c2n1. The van der Waals surface area contributed by atoms with Crippen LogP contribution in [-0.2, 0) is 17.1 Å². The van der Waals surface area contributed by atoms with Crippen molar-refractivity contribution in [2.45, 2.75) is 44.9 Å². The number of hydrogen-bond donors (Lipinski definition) is 1. The molecule has 0 saturated carbocycles. The Morgan fingerprint density at radius 2 is 1.77 bits per heavy atom. The van der Waals surface area contributed by atoms with E-state index in [1.807, 2.05) is 20.8 Å². The van der Waals surface area contributed by atoms with Crippen molar-refractivity contribution in [2.24, 2.45) is 7.05 Å². The third kappa shape index (κ3) is 3.95. The number of sulfonamides is 1. The van der Waals surface area contributed by atoms with Crippen molar-refractivity contribution in [3.8, 4) is 0 Å². The van der Waals surface area contributed by atoms with Gasteiger partial charge in [0.15, 0.2) is 5.65 Å². The van der Waals surface area contributed by atoms with Crippen LogP contribution in [0.2, 0.25) is 0 Å². The second kappa shape index (κ2) is 8.05. The maximum Gasteiger partial charge on any atom is 0.256 e. The van der Waals surface area contributed by atoms with E-state index < -0.39 is 10.0 Å². The summed E-state index contributed by atoms with van der Waals surface area (Å²) in [6.07, 6.45) is 2.79. The summed E-state index contributed by atoms with van der Waals surface area (Å²) in [5.41, 5.74) is 3.80. The van der Waals surface area contributed by atoms with Crippen molar-refractivity contribution in [1.82, 2.24) is 19.1 Å². The highest BCUT2D eigenvalue weighted by Crippen LogP contribution is 2.27. The molecule has 0 aliphatic carbocycles. The largest absolute Gasteiger partial charge is 0.322 e. The quantitative estimate of drug-likeness (QED) is 0.670. The Labute approximate surface area is 182 Å². The molecule has 3 heterocycles. The smallest absolute Gasteiger partial charge is 0.256 e. The van der Waals surface area contributed by atoms with Gasteiger partial charge in [-0.3, -0.25) is 9.48 Å². The summed E-state index contributed by atoms with van der Waals surface area (Å²) in [5.74, 6) is -0.317. The fourth-order valence-corrected chi connectivity index (χ4v) is 5.63. The van der Waals surface area contributed by atoms with Gasteiger partial charge in [0.05, 0.1) is 21.5 Å². The molecule has 0 atom stereocenters. The highest BCUT2D eigenvalue weighted by atomic mass is 32.2. The first-order valence-corrected chi connectivity index (χ1v) is 11.9. The van der Waals surface area contributed by atoms with Crippen LogP contribution in [0, 0.1) is 20.8 Å². The number of nitrogens with zero attached hydrogens (tertiary/aromatic N) is 4. The number of carbonyl (C=O) groups is 1. The Balaban J connectivity index is 1.70. The van der Waals surface area contributed by atoms with Crippen molar-refractivity contribution >= 4 is 32.7 Å². The topological polar surface area (TPSA) is 97.2 Å². The molecule has 0 bridgehead atoms. The summed E-state index contributed by atoms with van der Waals surface area (Å²) in [7, 11) is -1.79. The molecule has 1 aromatic carbocycles. The highest BCUT2D eigenvalue weighted by Gasteiger charge is 2.27. The number of hydrogen-bond acceptors (Lipinski definition) is 5. The van der Waals surface area contributed by atoms with Crippen LogP contribution in [0.25, 0.3) is 11.0 Å². The van der Waals surface area contributed by atoms with Gasteiger partial charge in [-0.05, 0) is 57.4 Å². The zero-order valence-corrected chi connectivity index (χ0v) is 19.1. The first-order chi connectivity index (χ1) is 14.7. The second-order valence-corrected chi connectivity index (χ2v) is 10.1. The minimum Gasteiger partial charge on any atom is -0.322 e. The van der Waals surface area contributed by atoms with Crippen LogP contribution in [0.4, 0.5) is 5.69 Å². The monoisotopic (exact) mass is 441 g/mol. The van der Waals surface area contributed by atoms with Crippen LogP contribution in [-0.4, -0.2) is 46.5 Å². The average molecular weight is 442 g/mol. The Morgan fingerprint density at radius 3 is 2.48 bits per heavy atom. The van der Waals surface area contributed by atoms with E-state index in [1.165, 1.54) is 4.31 Å². The highest BCUT2D eigenvalue weighted by molar-refractivity contribution is 7.89. The van der Waals surface area contributed by atoms with Crippen LogP contribution in [0.15, 0.2) is 29.2 Å². The molecule has 0 radical (unpaired) electrons. The Bertz CT molecular complexity index is 1270. The lowest BCUT2D eigenvalue weighted by atomic mass is 10.1. The summed E-state index contributed by atoms with van der Waals surface area (Å²) in [6.45, 7) is 6.58. The van der Waals surface area contributed by atoms with Crippen molar-refractivity contribution in [1.29, 1.82) is 0 Å². The molecule has 1 saturated heterocycles. The normalized spacial score (nSPS) is 15.4. The fraction of sp³-hybridized carbons (Fsp3) is 0.409. The van der Waals surface area contributed by atoms with Gasteiger partial charge in [0.2, 0.25) is 10.0 Å². The van der Waals surface area contributed by atoms with E-state index >= 15 is 0 Å². The first kappa shape index (κ1) is 21.5. The molecule has 1 aliphatic rings. The maximum atomic E-state index is 13.2. The van der Waals surface area contributed by atoms with Crippen LogP contribution in [0.1, 0.15) is 46.6 Å². The van der Waals surface area contributed by atoms with E-state index in [1.54, 1.807) is 36.0 Å². The van der Waals surface area contributed by atoms with Crippen molar-refractivity contribution in [3.63, 3.8) is 0 Å². The number of fused-ring (bicyclic) bond motifs is 1. The Morgan fingerprint density at radius 1 is 1.06 bits per heavy atom. The Kier molecular flexibility index (Phi) is 5.57. The zero-order chi connectivity index (χ0) is 22.3. The van der Waals surface area contributed by atoms with Gasteiger partial charge in [-0.2, -0.15) is 9.40 Å². The van der Waals surface area contributed by atoms with E-state index in [2.05, 4.69) is 15.4 Å². The predicted octanol–water partition coefficient (Wildman–Crippen LogP) is 3.32. The van der Waals surface area contributed by atoms with Gasteiger partial charge >= 0.3 is 0 Å². The summed E-state index contributed by atoms with van der Waals surface area (Å²) in [6, 6.07) is 6.62. The summed E-state index contributed by atoms with van der Waals surface area (Å²) in [4.78, 5) is 17.9. The van der Waals surface area contributed by atoms with Crippen LogP contribution < -0.4 is 5.32 Å². The van der Waals surface area contributed by atoms with Crippen molar-refractivity contribution in [2.75, 3.05) is 18.4 Å². The van der Waals surface area contributed by atoms with Crippen molar-refractivity contribution in [3.05, 3.63) is 46.8 Å². The summed E-state index contributed by atoms with van der Waals surface area (Å²) in [5, 5.41) is 7.99. The summed E-state index contributed by atoms with van der Waals surface area (Å²) >= 11 is 0. The van der Waals surface area contributed by atoms with Gasteiger partial charge in [-0.15, -0.1) is 0 Å². The number of anilines is 1. The van der Waals surface area contributed by atoms with Gasteiger partial charge in [-0.1, -0.05) is 12.5 Å². The lowest BCUT2D eigenvalue weighted by Gasteiger charge is -2.26. The van der Waals surface area contributed by atoms with Gasteiger partial charge < -0.3 is 5.32 Å². The molecule has 164 valence electrons. The molecule has 0 spiro atoms. The number of rotatable bonds is 4. The van der Waals surface area contributed by atoms with E-state index in [4.69, 9.17) is 0 Å². The first-order valence-electron chi connectivity index (χ1n) is 10.4. The predicted molar refractivity (Wildman–Crippen MR) is 120 cm³/mol. The minimum absolute atomic E-state index is 0.198. The maximum absolute atomic E-state index is 13.2. The van der Waals surface area contributed by atoms with Gasteiger partial charge in [0.1, 0.15) is 0 Å². The average Bonchev–Trinajstić information content (AvgIpc) is 3.02. The molecular weight excluding hydrogens is 414 g/mol. The fourth-order valence-electron chi connectivity index (χ4n) is 4.09. The van der Waals surface area contributed by atoms with E-state index in [0.29, 0.717) is 46.8 Å². The Hall–Kier alpha value is -2.78. The zero-order valence-electron chi connectivity index (χ0n) is 18.3. The number of pyridine rings is 1. The van der Waals surface area contributed by atoms with E-state index in [0.717, 1.165) is 24.8 Å². The number of nitrogens with one attached hydrogen (secondary N) is 1. The molecule has 8 nitrogen and oxygen atoms in total. The number of benzene rings is 1. The molecule has 3 aromatic rings. The third-order valence-electron chi connectivity index (χ3n) is 5.75. The number of amides is 1. The van der Waals surface area contributed by atoms with Gasteiger partial charge in [0.25, 0.3) is 5.91 Å². The van der Waals surface area contributed by atoms with Crippen LogP contribution in [0.3, 0.4) is 0 Å². The molecule has 31 heavy (non-hydrogen) atoms. The third-order valence-corrected chi connectivity index (χ3v) is 7.65. The van der Waals surface area contributed by atoms with Gasteiger partial charge in [-0.25, -0.2) is 13.4 Å². The molecule has 4 rings (SSSR count). The van der Waals surface area contributed by atoms with E-state index in [9.17, 15) is 13.2 Å². The molecular formula is C22H27N5O3S. The lowest BCUT2D eigenvalue weighted by molar-refractivity contribution is 0.102. The van der Waals surface area contributed by atoms with E-state index in [-0.39, 0.29) is 10.8 Å². The van der Waals surface area contributed by atoms with Crippen LogP contribution >= 0.6 is 0 Å². The number of piperidine rings is 1. The minimum atomic E-state index is -3.59. The molecule has 0 unspecified atom stereocenters. The number of aryl methyl sites for hydroxylation is 4. The summed E-state index contributed by atoms with van der Waals surface area (Å²) < 4.78 is 29.3. The molecule has 1 N–H and O–H groups in total. The lowest BCUT2D eigenvalue weighted by Crippen LogP contribution is -2.35.